The maximum Gasteiger partial charge on any atom is 0.171 e. The van der Waals surface area contributed by atoms with Crippen LogP contribution >= 0.6 is 0 Å². The van der Waals surface area contributed by atoms with E-state index in [-0.39, 0.29) is 5.79 Å². The first-order valence-electron chi connectivity index (χ1n) is 7.05. The normalized spacial score (nSPS) is 29.6. The third-order valence-electron chi connectivity index (χ3n) is 3.86. The topological polar surface area (TPSA) is 21.7 Å². The SMILES string of the molecule is CC(C)CN1CCC2(CC1)OCC(C(C)C)O2. The summed E-state index contributed by atoms with van der Waals surface area (Å²) in [5.41, 5.74) is 0. The molecular formula is C14H27NO2. The molecule has 2 aliphatic rings. The fraction of sp³-hybridized carbons (Fsp3) is 1.00. The highest BCUT2D eigenvalue weighted by atomic mass is 16.7. The summed E-state index contributed by atoms with van der Waals surface area (Å²) in [6, 6.07) is 0. The molecular weight excluding hydrogens is 214 g/mol. The van der Waals surface area contributed by atoms with Gasteiger partial charge in [0.05, 0.1) is 12.7 Å². The fourth-order valence-corrected chi connectivity index (χ4v) is 2.76. The summed E-state index contributed by atoms with van der Waals surface area (Å²) in [5.74, 6) is 1.06. The van der Waals surface area contributed by atoms with Crippen LogP contribution in [0.25, 0.3) is 0 Å². The Labute approximate surface area is 105 Å². The van der Waals surface area contributed by atoms with Crippen LogP contribution in [0.5, 0.6) is 0 Å². The predicted octanol–water partition coefficient (Wildman–Crippen LogP) is 2.51. The Morgan fingerprint density at radius 2 is 1.82 bits per heavy atom. The second-order valence-corrected chi connectivity index (χ2v) is 6.32. The minimum Gasteiger partial charge on any atom is -0.347 e. The minimum atomic E-state index is -0.248. The lowest BCUT2D eigenvalue weighted by Gasteiger charge is -2.38. The molecule has 0 saturated carbocycles. The Morgan fingerprint density at radius 3 is 2.29 bits per heavy atom. The van der Waals surface area contributed by atoms with E-state index in [1.54, 1.807) is 0 Å². The van der Waals surface area contributed by atoms with Crippen molar-refractivity contribution in [3.05, 3.63) is 0 Å². The van der Waals surface area contributed by atoms with E-state index in [2.05, 4.69) is 32.6 Å². The average molecular weight is 241 g/mol. The van der Waals surface area contributed by atoms with Crippen molar-refractivity contribution in [1.82, 2.24) is 4.90 Å². The molecule has 0 radical (unpaired) electrons. The van der Waals surface area contributed by atoms with E-state index in [1.165, 1.54) is 6.54 Å². The lowest BCUT2D eigenvalue weighted by atomic mass is 10.0. The van der Waals surface area contributed by atoms with E-state index in [0.29, 0.717) is 12.0 Å². The summed E-state index contributed by atoms with van der Waals surface area (Å²) >= 11 is 0. The van der Waals surface area contributed by atoms with Crippen LogP contribution in [-0.4, -0.2) is 43.0 Å². The Balaban J connectivity index is 1.82. The first-order valence-corrected chi connectivity index (χ1v) is 7.05. The van der Waals surface area contributed by atoms with Crippen molar-refractivity contribution in [3.63, 3.8) is 0 Å². The quantitative estimate of drug-likeness (QED) is 0.758. The van der Waals surface area contributed by atoms with Gasteiger partial charge in [0.25, 0.3) is 0 Å². The van der Waals surface area contributed by atoms with E-state index in [4.69, 9.17) is 9.47 Å². The molecule has 0 aliphatic carbocycles. The van der Waals surface area contributed by atoms with E-state index in [1.807, 2.05) is 0 Å². The highest BCUT2D eigenvalue weighted by Gasteiger charge is 2.44. The van der Waals surface area contributed by atoms with Gasteiger partial charge in [-0.15, -0.1) is 0 Å². The van der Waals surface area contributed by atoms with Gasteiger partial charge in [0.15, 0.2) is 5.79 Å². The van der Waals surface area contributed by atoms with Gasteiger partial charge in [-0.05, 0) is 11.8 Å². The molecule has 0 aromatic rings. The fourth-order valence-electron chi connectivity index (χ4n) is 2.76. The number of hydrogen-bond acceptors (Lipinski definition) is 3. The number of hydrogen-bond donors (Lipinski definition) is 0. The van der Waals surface area contributed by atoms with E-state index in [0.717, 1.165) is 38.5 Å². The lowest BCUT2D eigenvalue weighted by molar-refractivity contribution is -0.198. The van der Waals surface area contributed by atoms with Crippen molar-refractivity contribution in [2.75, 3.05) is 26.2 Å². The standard InChI is InChI=1S/C14H27NO2/c1-11(2)9-15-7-5-14(6-8-15)16-10-13(17-14)12(3)4/h11-13H,5-10H2,1-4H3. The second kappa shape index (κ2) is 5.25. The molecule has 0 aromatic heterocycles. The number of piperidine rings is 1. The maximum absolute atomic E-state index is 6.16. The van der Waals surface area contributed by atoms with Gasteiger partial charge in [-0.25, -0.2) is 0 Å². The maximum atomic E-state index is 6.16. The summed E-state index contributed by atoms with van der Waals surface area (Å²) < 4.78 is 12.1. The van der Waals surface area contributed by atoms with Crippen molar-refractivity contribution in [3.8, 4) is 0 Å². The number of likely N-dealkylation sites (tertiary alicyclic amines) is 1. The zero-order chi connectivity index (χ0) is 12.5. The van der Waals surface area contributed by atoms with Crippen LogP contribution in [0, 0.1) is 11.8 Å². The summed E-state index contributed by atoms with van der Waals surface area (Å²) in [6.07, 6.45) is 2.36. The van der Waals surface area contributed by atoms with Crippen LogP contribution in [0.1, 0.15) is 40.5 Å². The van der Waals surface area contributed by atoms with Crippen LogP contribution in [0.4, 0.5) is 0 Å². The summed E-state index contributed by atoms with van der Waals surface area (Å²) in [4.78, 5) is 2.53. The zero-order valence-corrected chi connectivity index (χ0v) is 11.7. The molecule has 1 unspecified atom stereocenters. The van der Waals surface area contributed by atoms with E-state index >= 15 is 0 Å². The first kappa shape index (κ1) is 13.3. The van der Waals surface area contributed by atoms with Crippen LogP contribution in [0.15, 0.2) is 0 Å². The van der Waals surface area contributed by atoms with Crippen LogP contribution in [-0.2, 0) is 9.47 Å². The molecule has 17 heavy (non-hydrogen) atoms. The second-order valence-electron chi connectivity index (χ2n) is 6.32. The van der Waals surface area contributed by atoms with Crippen LogP contribution < -0.4 is 0 Å². The zero-order valence-electron chi connectivity index (χ0n) is 11.7. The average Bonchev–Trinajstić information content (AvgIpc) is 2.66. The van der Waals surface area contributed by atoms with Gasteiger partial charge in [-0.1, -0.05) is 27.7 Å². The summed E-state index contributed by atoms with van der Waals surface area (Å²) in [6.45, 7) is 13.2. The number of ether oxygens (including phenoxy) is 2. The van der Waals surface area contributed by atoms with Gasteiger partial charge in [-0.2, -0.15) is 0 Å². The molecule has 0 N–H and O–H groups in total. The molecule has 3 nitrogen and oxygen atoms in total. The van der Waals surface area contributed by atoms with Gasteiger partial charge in [0.1, 0.15) is 0 Å². The molecule has 2 rings (SSSR count). The molecule has 0 amide bonds. The number of rotatable bonds is 3. The van der Waals surface area contributed by atoms with Crippen molar-refractivity contribution >= 4 is 0 Å². The van der Waals surface area contributed by atoms with E-state index < -0.39 is 0 Å². The van der Waals surface area contributed by atoms with Gasteiger partial charge in [0.2, 0.25) is 0 Å². The van der Waals surface area contributed by atoms with Gasteiger partial charge < -0.3 is 14.4 Å². The molecule has 100 valence electrons. The van der Waals surface area contributed by atoms with Crippen molar-refractivity contribution in [1.29, 1.82) is 0 Å². The van der Waals surface area contributed by atoms with Gasteiger partial charge in [-0.3, -0.25) is 0 Å². The summed E-state index contributed by atoms with van der Waals surface area (Å²) in [7, 11) is 0. The van der Waals surface area contributed by atoms with Crippen molar-refractivity contribution in [2.45, 2.75) is 52.4 Å². The molecule has 2 saturated heterocycles. The van der Waals surface area contributed by atoms with Crippen molar-refractivity contribution < 1.29 is 9.47 Å². The molecule has 2 aliphatic heterocycles. The Hall–Kier alpha value is -0.120. The molecule has 3 heteroatoms. The molecule has 0 aromatic carbocycles. The molecule has 1 spiro atoms. The monoisotopic (exact) mass is 241 g/mol. The predicted molar refractivity (Wildman–Crippen MR) is 68.9 cm³/mol. The highest BCUT2D eigenvalue weighted by Crippen LogP contribution is 2.36. The van der Waals surface area contributed by atoms with Crippen LogP contribution in [0.2, 0.25) is 0 Å². The summed E-state index contributed by atoms with van der Waals surface area (Å²) in [5, 5.41) is 0. The van der Waals surface area contributed by atoms with E-state index in [9.17, 15) is 0 Å². The smallest absolute Gasteiger partial charge is 0.171 e. The number of nitrogens with zero attached hydrogens (tertiary/aromatic N) is 1. The molecule has 2 fully saturated rings. The minimum absolute atomic E-state index is 0.248. The lowest BCUT2D eigenvalue weighted by Crippen LogP contribution is -2.46. The molecule has 0 bridgehead atoms. The Bertz CT molecular complexity index is 245. The Morgan fingerprint density at radius 1 is 1.18 bits per heavy atom. The van der Waals surface area contributed by atoms with Crippen LogP contribution in [0.3, 0.4) is 0 Å². The van der Waals surface area contributed by atoms with Gasteiger partial charge in [0, 0.05) is 32.5 Å². The van der Waals surface area contributed by atoms with Crippen molar-refractivity contribution in [2.24, 2.45) is 11.8 Å². The molecule has 2 heterocycles. The first-order chi connectivity index (χ1) is 8.01. The highest BCUT2D eigenvalue weighted by molar-refractivity contribution is 4.86. The largest absolute Gasteiger partial charge is 0.347 e. The third-order valence-corrected chi connectivity index (χ3v) is 3.86. The third kappa shape index (κ3) is 3.21. The van der Waals surface area contributed by atoms with Gasteiger partial charge >= 0.3 is 0 Å². The molecule has 1 atom stereocenters. The Kier molecular flexibility index (Phi) is 4.11.